The SMILES string of the molecule is O=C(CCN1CCN(c2ccc(F)cc2)CC1)Nc1ccccc1. The molecular weight excluding hydrogens is 305 g/mol. The van der Waals surface area contributed by atoms with E-state index >= 15 is 0 Å². The topological polar surface area (TPSA) is 35.6 Å². The maximum Gasteiger partial charge on any atom is 0.225 e. The minimum Gasteiger partial charge on any atom is -0.369 e. The van der Waals surface area contributed by atoms with Gasteiger partial charge in [0.05, 0.1) is 0 Å². The molecule has 0 atom stereocenters. The van der Waals surface area contributed by atoms with E-state index in [1.54, 1.807) is 0 Å². The van der Waals surface area contributed by atoms with E-state index in [4.69, 9.17) is 0 Å². The second kappa shape index (κ2) is 7.93. The van der Waals surface area contributed by atoms with Crippen LogP contribution in [0.15, 0.2) is 54.6 Å². The lowest BCUT2D eigenvalue weighted by Gasteiger charge is -2.36. The molecule has 0 bridgehead atoms. The van der Waals surface area contributed by atoms with Gasteiger partial charge in [0.15, 0.2) is 0 Å². The maximum atomic E-state index is 13.0. The first kappa shape index (κ1) is 16.5. The first-order chi connectivity index (χ1) is 11.7. The summed E-state index contributed by atoms with van der Waals surface area (Å²) in [7, 11) is 0. The Kier molecular flexibility index (Phi) is 5.43. The van der Waals surface area contributed by atoms with Gasteiger partial charge >= 0.3 is 0 Å². The van der Waals surface area contributed by atoms with Crippen molar-refractivity contribution in [2.45, 2.75) is 6.42 Å². The normalized spacial score (nSPS) is 15.3. The van der Waals surface area contributed by atoms with Crippen LogP contribution in [0, 0.1) is 5.82 Å². The van der Waals surface area contributed by atoms with Crippen molar-refractivity contribution in [3.8, 4) is 0 Å². The van der Waals surface area contributed by atoms with E-state index in [9.17, 15) is 9.18 Å². The van der Waals surface area contributed by atoms with Gasteiger partial charge in [-0.25, -0.2) is 4.39 Å². The highest BCUT2D eigenvalue weighted by Crippen LogP contribution is 2.17. The van der Waals surface area contributed by atoms with E-state index in [1.165, 1.54) is 12.1 Å². The monoisotopic (exact) mass is 327 g/mol. The minimum absolute atomic E-state index is 0.0437. The lowest BCUT2D eigenvalue weighted by atomic mass is 10.2. The minimum atomic E-state index is -0.207. The zero-order valence-corrected chi connectivity index (χ0v) is 13.6. The average Bonchev–Trinajstić information content (AvgIpc) is 2.62. The molecule has 1 heterocycles. The summed E-state index contributed by atoms with van der Waals surface area (Å²) in [5.74, 6) is -0.163. The van der Waals surface area contributed by atoms with E-state index in [1.807, 2.05) is 42.5 Å². The van der Waals surface area contributed by atoms with Gasteiger partial charge in [-0.2, -0.15) is 0 Å². The summed E-state index contributed by atoms with van der Waals surface area (Å²) in [5.41, 5.74) is 1.89. The third-order valence-corrected chi connectivity index (χ3v) is 4.28. The molecule has 3 rings (SSSR count). The average molecular weight is 327 g/mol. The van der Waals surface area contributed by atoms with E-state index in [-0.39, 0.29) is 11.7 Å². The number of hydrogen-bond donors (Lipinski definition) is 1. The summed E-state index contributed by atoms with van der Waals surface area (Å²) in [5, 5.41) is 2.91. The Bertz CT molecular complexity index is 652. The number of hydrogen-bond acceptors (Lipinski definition) is 3. The molecule has 0 aliphatic carbocycles. The number of nitrogens with zero attached hydrogens (tertiary/aromatic N) is 2. The first-order valence-corrected chi connectivity index (χ1v) is 8.28. The van der Waals surface area contributed by atoms with Crippen LogP contribution >= 0.6 is 0 Å². The fourth-order valence-electron chi connectivity index (χ4n) is 2.89. The molecule has 1 aliphatic rings. The van der Waals surface area contributed by atoms with Crippen LogP contribution in [0.4, 0.5) is 15.8 Å². The van der Waals surface area contributed by atoms with Crippen molar-refractivity contribution in [1.82, 2.24) is 4.90 Å². The second-order valence-corrected chi connectivity index (χ2v) is 5.97. The molecule has 126 valence electrons. The van der Waals surface area contributed by atoms with Crippen molar-refractivity contribution in [2.24, 2.45) is 0 Å². The van der Waals surface area contributed by atoms with Gasteiger partial charge in [-0.1, -0.05) is 18.2 Å². The van der Waals surface area contributed by atoms with Crippen LogP contribution in [0.3, 0.4) is 0 Å². The maximum absolute atomic E-state index is 13.0. The molecule has 0 spiro atoms. The molecule has 1 aliphatic heterocycles. The third kappa shape index (κ3) is 4.55. The fourth-order valence-corrected chi connectivity index (χ4v) is 2.89. The van der Waals surface area contributed by atoms with E-state index < -0.39 is 0 Å². The quantitative estimate of drug-likeness (QED) is 0.917. The number of halogens is 1. The molecule has 1 saturated heterocycles. The van der Waals surface area contributed by atoms with Gasteiger partial charge in [0.1, 0.15) is 5.82 Å². The molecule has 4 nitrogen and oxygen atoms in total. The van der Waals surface area contributed by atoms with Gasteiger partial charge in [0.2, 0.25) is 5.91 Å². The lowest BCUT2D eigenvalue weighted by Crippen LogP contribution is -2.47. The van der Waals surface area contributed by atoms with Gasteiger partial charge in [0, 0.05) is 50.5 Å². The molecule has 2 aromatic rings. The van der Waals surface area contributed by atoms with Crippen molar-refractivity contribution < 1.29 is 9.18 Å². The van der Waals surface area contributed by atoms with Crippen LogP contribution < -0.4 is 10.2 Å². The molecule has 5 heteroatoms. The largest absolute Gasteiger partial charge is 0.369 e. The van der Waals surface area contributed by atoms with Crippen molar-refractivity contribution in [1.29, 1.82) is 0 Å². The number of carbonyl (C=O) groups excluding carboxylic acids is 1. The Morgan fingerprint density at radius 2 is 1.62 bits per heavy atom. The second-order valence-electron chi connectivity index (χ2n) is 5.97. The van der Waals surface area contributed by atoms with E-state index in [0.29, 0.717) is 6.42 Å². The summed E-state index contributed by atoms with van der Waals surface area (Å²) in [4.78, 5) is 16.5. The standard InChI is InChI=1S/C19H22FN3O/c20-16-6-8-18(9-7-16)23-14-12-22(13-15-23)11-10-19(24)21-17-4-2-1-3-5-17/h1-9H,10-15H2,(H,21,24). The van der Waals surface area contributed by atoms with Gasteiger partial charge in [0.25, 0.3) is 0 Å². The molecule has 0 unspecified atom stereocenters. The Balaban J connectivity index is 1.41. The summed E-state index contributed by atoms with van der Waals surface area (Å²) >= 11 is 0. The summed E-state index contributed by atoms with van der Waals surface area (Å²) < 4.78 is 13.0. The third-order valence-electron chi connectivity index (χ3n) is 4.28. The molecule has 1 amide bonds. The van der Waals surface area contributed by atoms with Gasteiger partial charge in [-0.05, 0) is 36.4 Å². The molecule has 24 heavy (non-hydrogen) atoms. The Morgan fingerprint density at radius 1 is 0.958 bits per heavy atom. The van der Waals surface area contributed by atoms with Crippen LogP contribution in [0.5, 0.6) is 0 Å². The van der Waals surface area contributed by atoms with Crippen LogP contribution in [0.1, 0.15) is 6.42 Å². The fraction of sp³-hybridized carbons (Fsp3) is 0.316. The number of para-hydroxylation sites is 1. The molecule has 2 aromatic carbocycles. The van der Waals surface area contributed by atoms with Crippen LogP contribution in [0.25, 0.3) is 0 Å². The summed E-state index contributed by atoms with van der Waals surface area (Å²) in [6, 6.07) is 16.1. The van der Waals surface area contributed by atoms with Crippen molar-refractivity contribution in [3.63, 3.8) is 0 Å². The van der Waals surface area contributed by atoms with E-state index in [0.717, 1.165) is 44.1 Å². The number of amides is 1. The Labute approximate surface area is 141 Å². The van der Waals surface area contributed by atoms with Gasteiger partial charge in [-0.3, -0.25) is 9.69 Å². The predicted octanol–water partition coefficient (Wildman–Crippen LogP) is 2.98. The highest BCUT2D eigenvalue weighted by atomic mass is 19.1. The molecular formula is C19H22FN3O. The van der Waals surface area contributed by atoms with Crippen molar-refractivity contribution in [3.05, 3.63) is 60.4 Å². The zero-order valence-electron chi connectivity index (χ0n) is 13.6. The summed E-state index contributed by atoms with van der Waals surface area (Å²) in [6.07, 6.45) is 0.492. The highest BCUT2D eigenvalue weighted by molar-refractivity contribution is 5.90. The molecule has 1 fully saturated rings. The lowest BCUT2D eigenvalue weighted by molar-refractivity contribution is -0.116. The molecule has 0 aromatic heterocycles. The number of carbonyl (C=O) groups is 1. The number of rotatable bonds is 5. The smallest absolute Gasteiger partial charge is 0.225 e. The Morgan fingerprint density at radius 3 is 2.29 bits per heavy atom. The number of benzene rings is 2. The van der Waals surface area contributed by atoms with E-state index in [2.05, 4.69) is 15.1 Å². The van der Waals surface area contributed by atoms with Crippen molar-refractivity contribution >= 4 is 17.3 Å². The predicted molar refractivity (Wildman–Crippen MR) is 94.7 cm³/mol. The number of piperazine rings is 1. The number of anilines is 2. The summed E-state index contributed by atoms with van der Waals surface area (Å²) in [6.45, 7) is 4.37. The highest BCUT2D eigenvalue weighted by Gasteiger charge is 2.17. The van der Waals surface area contributed by atoms with Crippen LogP contribution in [-0.4, -0.2) is 43.5 Å². The van der Waals surface area contributed by atoms with Gasteiger partial charge in [-0.15, -0.1) is 0 Å². The molecule has 0 saturated carbocycles. The molecule has 1 N–H and O–H groups in total. The first-order valence-electron chi connectivity index (χ1n) is 8.28. The van der Waals surface area contributed by atoms with Crippen molar-refractivity contribution in [2.75, 3.05) is 42.9 Å². The molecule has 0 radical (unpaired) electrons. The zero-order chi connectivity index (χ0) is 16.8. The number of nitrogens with one attached hydrogen (secondary N) is 1. The Hall–Kier alpha value is -2.40. The van der Waals surface area contributed by atoms with Gasteiger partial charge < -0.3 is 10.2 Å². The van der Waals surface area contributed by atoms with Crippen LogP contribution in [-0.2, 0) is 4.79 Å². The van der Waals surface area contributed by atoms with Crippen LogP contribution in [0.2, 0.25) is 0 Å².